The molecule has 0 atom stereocenters. The van der Waals surface area contributed by atoms with E-state index in [-0.39, 0.29) is 24.3 Å². The standard InChI is InChI=1S/C15H20N2O4/c1-10-2-5-12(6-3-10)21-9-14(18)17-11-4-7-13(15(19)20)16-8-11/h4,7-8,10,12H,2-3,5-6,9H2,1H3,(H,17,18)(H,19,20). The number of anilines is 1. The average Bonchev–Trinajstić information content (AvgIpc) is 2.47. The first-order valence-electron chi connectivity index (χ1n) is 7.15. The van der Waals surface area contributed by atoms with Crippen molar-refractivity contribution in [3.63, 3.8) is 0 Å². The molecule has 1 saturated carbocycles. The van der Waals surface area contributed by atoms with Crippen LogP contribution in [0.1, 0.15) is 43.1 Å². The van der Waals surface area contributed by atoms with Crippen LogP contribution in [-0.2, 0) is 9.53 Å². The van der Waals surface area contributed by atoms with Crippen molar-refractivity contribution < 1.29 is 19.4 Å². The topological polar surface area (TPSA) is 88.5 Å². The van der Waals surface area contributed by atoms with Gasteiger partial charge in [0.2, 0.25) is 5.91 Å². The highest BCUT2D eigenvalue weighted by Gasteiger charge is 2.19. The van der Waals surface area contributed by atoms with E-state index in [4.69, 9.17) is 9.84 Å². The maximum atomic E-state index is 11.8. The molecule has 6 nitrogen and oxygen atoms in total. The molecule has 0 saturated heterocycles. The minimum Gasteiger partial charge on any atom is -0.477 e. The Morgan fingerprint density at radius 2 is 2.05 bits per heavy atom. The molecule has 1 aromatic heterocycles. The van der Waals surface area contributed by atoms with Gasteiger partial charge in [-0.3, -0.25) is 4.79 Å². The SMILES string of the molecule is CC1CCC(OCC(=O)Nc2ccc(C(=O)O)nc2)CC1. The molecule has 1 aromatic rings. The van der Waals surface area contributed by atoms with Gasteiger partial charge in [-0.15, -0.1) is 0 Å². The van der Waals surface area contributed by atoms with Crippen LogP contribution in [0.3, 0.4) is 0 Å². The van der Waals surface area contributed by atoms with Crippen LogP contribution in [0.25, 0.3) is 0 Å². The van der Waals surface area contributed by atoms with Crippen molar-refractivity contribution in [1.82, 2.24) is 4.98 Å². The van der Waals surface area contributed by atoms with Gasteiger partial charge in [-0.2, -0.15) is 0 Å². The Hall–Kier alpha value is -1.95. The maximum absolute atomic E-state index is 11.8. The summed E-state index contributed by atoms with van der Waals surface area (Å²) < 4.78 is 5.60. The van der Waals surface area contributed by atoms with Gasteiger partial charge in [-0.1, -0.05) is 6.92 Å². The lowest BCUT2D eigenvalue weighted by Crippen LogP contribution is -2.26. The molecular weight excluding hydrogens is 272 g/mol. The smallest absolute Gasteiger partial charge is 0.354 e. The van der Waals surface area contributed by atoms with Gasteiger partial charge in [-0.25, -0.2) is 9.78 Å². The molecule has 114 valence electrons. The number of hydrogen-bond donors (Lipinski definition) is 2. The van der Waals surface area contributed by atoms with Gasteiger partial charge in [0.05, 0.1) is 18.0 Å². The predicted molar refractivity (Wildman–Crippen MR) is 77.2 cm³/mol. The zero-order chi connectivity index (χ0) is 15.2. The summed E-state index contributed by atoms with van der Waals surface area (Å²) in [7, 11) is 0. The minimum atomic E-state index is -1.09. The van der Waals surface area contributed by atoms with E-state index >= 15 is 0 Å². The Morgan fingerprint density at radius 1 is 1.33 bits per heavy atom. The molecule has 2 rings (SSSR count). The summed E-state index contributed by atoms with van der Waals surface area (Å²) >= 11 is 0. The number of carboxylic acid groups (broad SMARTS) is 1. The molecule has 0 aliphatic heterocycles. The monoisotopic (exact) mass is 292 g/mol. The number of aromatic carboxylic acids is 1. The molecule has 1 aliphatic rings. The molecule has 0 unspecified atom stereocenters. The van der Waals surface area contributed by atoms with Gasteiger partial charge in [0, 0.05) is 0 Å². The number of carboxylic acids is 1. The second-order valence-electron chi connectivity index (χ2n) is 5.48. The maximum Gasteiger partial charge on any atom is 0.354 e. The third kappa shape index (κ3) is 4.82. The molecule has 0 bridgehead atoms. The molecule has 1 fully saturated rings. The van der Waals surface area contributed by atoms with Crippen molar-refractivity contribution in [2.24, 2.45) is 5.92 Å². The second-order valence-corrected chi connectivity index (χ2v) is 5.48. The van der Waals surface area contributed by atoms with Crippen molar-refractivity contribution in [3.8, 4) is 0 Å². The summed E-state index contributed by atoms with van der Waals surface area (Å²) in [5, 5.41) is 11.4. The van der Waals surface area contributed by atoms with Crippen LogP contribution in [0, 0.1) is 5.92 Å². The number of ether oxygens (including phenoxy) is 1. The van der Waals surface area contributed by atoms with Crippen LogP contribution in [0.2, 0.25) is 0 Å². The van der Waals surface area contributed by atoms with E-state index in [1.807, 2.05) is 0 Å². The van der Waals surface area contributed by atoms with Crippen LogP contribution in [0.5, 0.6) is 0 Å². The molecule has 2 N–H and O–H groups in total. The lowest BCUT2D eigenvalue weighted by molar-refractivity contribution is -0.123. The van der Waals surface area contributed by atoms with Crippen LogP contribution in [0.15, 0.2) is 18.3 Å². The molecular formula is C15H20N2O4. The highest BCUT2D eigenvalue weighted by Crippen LogP contribution is 2.25. The second kappa shape index (κ2) is 7.17. The van der Waals surface area contributed by atoms with E-state index < -0.39 is 5.97 Å². The summed E-state index contributed by atoms with van der Waals surface area (Å²) in [5.41, 5.74) is 0.409. The molecule has 1 heterocycles. The van der Waals surface area contributed by atoms with E-state index in [1.165, 1.54) is 18.3 Å². The summed E-state index contributed by atoms with van der Waals surface area (Å²) in [5.74, 6) is -0.598. The third-order valence-corrected chi connectivity index (χ3v) is 3.68. The Morgan fingerprint density at radius 3 is 2.62 bits per heavy atom. The molecule has 1 amide bonds. The lowest BCUT2D eigenvalue weighted by atomic mass is 9.89. The molecule has 0 spiro atoms. The fourth-order valence-corrected chi connectivity index (χ4v) is 2.38. The normalized spacial score (nSPS) is 21.8. The molecule has 21 heavy (non-hydrogen) atoms. The van der Waals surface area contributed by atoms with Crippen molar-refractivity contribution in [1.29, 1.82) is 0 Å². The fourth-order valence-electron chi connectivity index (χ4n) is 2.38. The Bertz CT molecular complexity index is 493. The number of nitrogens with one attached hydrogen (secondary N) is 1. The number of hydrogen-bond acceptors (Lipinski definition) is 4. The number of carbonyl (C=O) groups is 2. The van der Waals surface area contributed by atoms with Gasteiger partial charge in [0.25, 0.3) is 0 Å². The number of amides is 1. The van der Waals surface area contributed by atoms with Crippen molar-refractivity contribution in [2.75, 3.05) is 11.9 Å². The predicted octanol–water partition coefficient (Wildman–Crippen LogP) is 2.31. The van der Waals surface area contributed by atoms with Gasteiger partial charge in [-0.05, 0) is 43.7 Å². The van der Waals surface area contributed by atoms with Crippen LogP contribution in [-0.4, -0.2) is 34.7 Å². The van der Waals surface area contributed by atoms with Gasteiger partial charge in [0.15, 0.2) is 0 Å². The van der Waals surface area contributed by atoms with E-state index in [0.29, 0.717) is 5.69 Å². The van der Waals surface area contributed by atoms with Crippen molar-refractivity contribution >= 4 is 17.6 Å². The Labute approximate surface area is 123 Å². The van der Waals surface area contributed by atoms with Crippen molar-refractivity contribution in [3.05, 3.63) is 24.0 Å². The van der Waals surface area contributed by atoms with Crippen LogP contribution in [0.4, 0.5) is 5.69 Å². The first-order chi connectivity index (χ1) is 10.0. The summed E-state index contributed by atoms with van der Waals surface area (Å²) in [6.45, 7) is 2.25. The van der Waals surface area contributed by atoms with Crippen molar-refractivity contribution in [2.45, 2.75) is 38.7 Å². The summed E-state index contributed by atoms with van der Waals surface area (Å²) in [6.07, 6.45) is 5.79. The summed E-state index contributed by atoms with van der Waals surface area (Å²) in [6, 6.07) is 2.86. The number of pyridine rings is 1. The average molecular weight is 292 g/mol. The lowest BCUT2D eigenvalue weighted by Gasteiger charge is -2.25. The third-order valence-electron chi connectivity index (χ3n) is 3.68. The number of rotatable bonds is 5. The van der Waals surface area contributed by atoms with Gasteiger partial charge in [0.1, 0.15) is 12.3 Å². The van der Waals surface area contributed by atoms with Crippen LogP contribution < -0.4 is 5.32 Å². The van der Waals surface area contributed by atoms with E-state index in [0.717, 1.165) is 31.6 Å². The molecule has 6 heteroatoms. The fraction of sp³-hybridized carbons (Fsp3) is 0.533. The van der Waals surface area contributed by atoms with E-state index in [2.05, 4.69) is 17.2 Å². The number of nitrogens with zero attached hydrogens (tertiary/aromatic N) is 1. The largest absolute Gasteiger partial charge is 0.477 e. The summed E-state index contributed by atoms with van der Waals surface area (Å²) in [4.78, 5) is 26.2. The zero-order valence-corrected chi connectivity index (χ0v) is 12.0. The molecule has 0 radical (unpaired) electrons. The van der Waals surface area contributed by atoms with Gasteiger partial charge >= 0.3 is 5.97 Å². The highest BCUT2D eigenvalue weighted by atomic mass is 16.5. The molecule has 1 aliphatic carbocycles. The van der Waals surface area contributed by atoms with E-state index in [1.54, 1.807) is 0 Å². The van der Waals surface area contributed by atoms with Crippen LogP contribution >= 0.6 is 0 Å². The Balaban J connectivity index is 1.75. The number of carbonyl (C=O) groups excluding carboxylic acids is 1. The quantitative estimate of drug-likeness (QED) is 0.869. The first kappa shape index (κ1) is 15.4. The molecule has 0 aromatic carbocycles. The zero-order valence-electron chi connectivity index (χ0n) is 12.0. The number of aromatic nitrogens is 1. The Kier molecular flexibility index (Phi) is 5.27. The van der Waals surface area contributed by atoms with E-state index in [9.17, 15) is 9.59 Å². The minimum absolute atomic E-state index is 0.0136. The van der Waals surface area contributed by atoms with Gasteiger partial charge < -0.3 is 15.2 Å². The first-order valence-corrected chi connectivity index (χ1v) is 7.15. The highest BCUT2D eigenvalue weighted by molar-refractivity contribution is 5.92.